The number of hydrogen-bond donors (Lipinski definition) is 1. The van der Waals surface area contributed by atoms with Crippen molar-refractivity contribution in [2.45, 2.75) is 26.7 Å². The third kappa shape index (κ3) is 1.40. The second-order valence-electron chi connectivity index (χ2n) is 3.41. The van der Waals surface area contributed by atoms with Crippen LogP contribution in [0.1, 0.15) is 24.3 Å². The van der Waals surface area contributed by atoms with Crippen LogP contribution in [-0.4, -0.2) is 5.11 Å². The van der Waals surface area contributed by atoms with E-state index >= 15 is 0 Å². The highest BCUT2D eigenvalue weighted by molar-refractivity contribution is 7.19. The number of benzene rings is 1. The van der Waals surface area contributed by atoms with Crippen LogP contribution in [0, 0.1) is 0 Å². The van der Waals surface area contributed by atoms with Gasteiger partial charge in [0.2, 0.25) is 0 Å². The lowest BCUT2D eigenvalue weighted by Gasteiger charge is -2.00. The van der Waals surface area contributed by atoms with Crippen LogP contribution < -0.4 is 0 Å². The number of thiophene rings is 1. The topological polar surface area (TPSA) is 20.2 Å². The van der Waals surface area contributed by atoms with Gasteiger partial charge < -0.3 is 5.11 Å². The molecule has 0 aliphatic heterocycles. The summed E-state index contributed by atoms with van der Waals surface area (Å²) in [5, 5.41) is 10.7. The summed E-state index contributed by atoms with van der Waals surface area (Å²) in [6.45, 7) is 4.30. The summed E-state index contributed by atoms with van der Waals surface area (Å²) in [5.74, 6) is 0.410. The maximum atomic E-state index is 9.71. The van der Waals surface area contributed by atoms with Crippen LogP contribution in [0.15, 0.2) is 18.2 Å². The summed E-state index contributed by atoms with van der Waals surface area (Å²) in [7, 11) is 0. The number of phenolic OH excluding ortho intramolecular Hbond substituents is 1. The SMILES string of the molecule is CCc1cc2c(O)ccc(CC)c2s1. The molecular weight excluding hydrogens is 192 g/mol. The highest BCUT2D eigenvalue weighted by Crippen LogP contribution is 2.35. The van der Waals surface area contributed by atoms with Crippen LogP contribution in [0.4, 0.5) is 0 Å². The van der Waals surface area contributed by atoms with Gasteiger partial charge in [0, 0.05) is 15.0 Å². The number of aryl methyl sites for hydroxylation is 2. The second kappa shape index (κ2) is 3.62. The van der Waals surface area contributed by atoms with E-state index in [1.807, 2.05) is 6.07 Å². The number of fused-ring (bicyclic) bond motifs is 1. The van der Waals surface area contributed by atoms with E-state index in [2.05, 4.69) is 19.9 Å². The lowest BCUT2D eigenvalue weighted by molar-refractivity contribution is 0.481. The van der Waals surface area contributed by atoms with Gasteiger partial charge >= 0.3 is 0 Å². The highest BCUT2D eigenvalue weighted by atomic mass is 32.1. The quantitative estimate of drug-likeness (QED) is 0.793. The van der Waals surface area contributed by atoms with Crippen molar-refractivity contribution in [2.24, 2.45) is 0 Å². The van der Waals surface area contributed by atoms with Crippen molar-refractivity contribution in [2.75, 3.05) is 0 Å². The van der Waals surface area contributed by atoms with E-state index in [4.69, 9.17) is 0 Å². The Labute approximate surface area is 88.0 Å². The van der Waals surface area contributed by atoms with Gasteiger partial charge in [-0.25, -0.2) is 0 Å². The molecule has 0 spiro atoms. The van der Waals surface area contributed by atoms with Gasteiger partial charge in [0.05, 0.1) is 0 Å². The minimum atomic E-state index is 0.410. The van der Waals surface area contributed by atoms with Crippen molar-refractivity contribution in [3.05, 3.63) is 28.6 Å². The molecular formula is C12H14OS. The Kier molecular flexibility index (Phi) is 2.46. The van der Waals surface area contributed by atoms with Gasteiger partial charge in [0.1, 0.15) is 5.75 Å². The lowest BCUT2D eigenvalue weighted by Crippen LogP contribution is -1.78. The molecule has 0 bridgehead atoms. The fourth-order valence-electron chi connectivity index (χ4n) is 1.67. The zero-order valence-electron chi connectivity index (χ0n) is 8.50. The molecule has 2 aromatic rings. The van der Waals surface area contributed by atoms with Gasteiger partial charge in [-0.3, -0.25) is 0 Å². The molecule has 0 amide bonds. The zero-order chi connectivity index (χ0) is 10.1. The Morgan fingerprint density at radius 2 is 2.00 bits per heavy atom. The van der Waals surface area contributed by atoms with Crippen molar-refractivity contribution in [3.63, 3.8) is 0 Å². The molecule has 0 atom stereocenters. The summed E-state index contributed by atoms with van der Waals surface area (Å²) in [6.07, 6.45) is 2.07. The van der Waals surface area contributed by atoms with Crippen molar-refractivity contribution in [1.82, 2.24) is 0 Å². The first-order chi connectivity index (χ1) is 6.76. The molecule has 2 rings (SSSR count). The third-order valence-electron chi connectivity index (χ3n) is 2.52. The Hall–Kier alpha value is -1.02. The monoisotopic (exact) mass is 206 g/mol. The predicted molar refractivity (Wildman–Crippen MR) is 62.2 cm³/mol. The first-order valence-corrected chi connectivity index (χ1v) is 5.81. The van der Waals surface area contributed by atoms with Gasteiger partial charge in [-0.15, -0.1) is 11.3 Å². The predicted octanol–water partition coefficient (Wildman–Crippen LogP) is 3.73. The standard InChI is InChI=1S/C12H14OS/c1-3-8-5-6-11(13)10-7-9(4-2)14-12(8)10/h5-7,13H,3-4H2,1-2H3. The van der Waals surface area contributed by atoms with Crippen molar-refractivity contribution in [3.8, 4) is 5.75 Å². The molecule has 1 aromatic carbocycles. The van der Waals surface area contributed by atoms with Crippen molar-refractivity contribution < 1.29 is 5.11 Å². The van der Waals surface area contributed by atoms with E-state index < -0.39 is 0 Å². The maximum Gasteiger partial charge on any atom is 0.124 e. The van der Waals surface area contributed by atoms with E-state index in [1.165, 1.54) is 15.1 Å². The normalized spacial score (nSPS) is 11.0. The van der Waals surface area contributed by atoms with Crippen LogP contribution in [-0.2, 0) is 12.8 Å². The van der Waals surface area contributed by atoms with Crippen molar-refractivity contribution in [1.29, 1.82) is 0 Å². The summed E-state index contributed by atoms with van der Waals surface area (Å²) in [6, 6.07) is 5.93. The first kappa shape index (κ1) is 9.53. The summed E-state index contributed by atoms with van der Waals surface area (Å²) >= 11 is 1.80. The minimum Gasteiger partial charge on any atom is -0.507 e. The summed E-state index contributed by atoms with van der Waals surface area (Å²) in [5.41, 5.74) is 1.34. The lowest BCUT2D eigenvalue weighted by atomic mass is 10.1. The van der Waals surface area contributed by atoms with Gasteiger partial charge in [0.15, 0.2) is 0 Å². The third-order valence-corrected chi connectivity index (χ3v) is 3.88. The fraction of sp³-hybridized carbons (Fsp3) is 0.333. The molecule has 14 heavy (non-hydrogen) atoms. The van der Waals surface area contributed by atoms with Crippen LogP contribution in [0.2, 0.25) is 0 Å². The Morgan fingerprint density at radius 3 is 2.64 bits per heavy atom. The molecule has 0 saturated heterocycles. The summed E-state index contributed by atoms with van der Waals surface area (Å²) < 4.78 is 1.25. The second-order valence-corrected chi connectivity index (χ2v) is 4.54. The average molecular weight is 206 g/mol. The molecule has 2 heteroatoms. The first-order valence-electron chi connectivity index (χ1n) is 4.99. The molecule has 0 unspecified atom stereocenters. The molecule has 74 valence electrons. The molecule has 1 nitrogen and oxygen atoms in total. The average Bonchev–Trinajstić information content (AvgIpc) is 2.63. The Bertz CT molecular complexity index is 457. The zero-order valence-corrected chi connectivity index (χ0v) is 9.32. The van der Waals surface area contributed by atoms with Gasteiger partial charge in [-0.2, -0.15) is 0 Å². The molecule has 0 radical (unpaired) electrons. The number of rotatable bonds is 2. The molecule has 1 N–H and O–H groups in total. The Balaban J connectivity index is 2.74. The minimum absolute atomic E-state index is 0.410. The smallest absolute Gasteiger partial charge is 0.124 e. The van der Waals surface area contributed by atoms with Crippen LogP contribution in [0.25, 0.3) is 10.1 Å². The van der Waals surface area contributed by atoms with Gasteiger partial charge in [0.25, 0.3) is 0 Å². The molecule has 1 aromatic heterocycles. The van der Waals surface area contributed by atoms with Crippen LogP contribution in [0.5, 0.6) is 5.75 Å². The fourth-order valence-corrected chi connectivity index (χ4v) is 2.87. The van der Waals surface area contributed by atoms with Crippen LogP contribution in [0.3, 0.4) is 0 Å². The van der Waals surface area contributed by atoms with Crippen molar-refractivity contribution >= 4 is 21.4 Å². The maximum absolute atomic E-state index is 9.71. The van der Waals surface area contributed by atoms with E-state index in [-0.39, 0.29) is 0 Å². The summed E-state index contributed by atoms with van der Waals surface area (Å²) in [4.78, 5) is 1.34. The van der Waals surface area contributed by atoms with E-state index in [0.717, 1.165) is 18.2 Å². The van der Waals surface area contributed by atoms with Gasteiger partial charge in [-0.05, 0) is 30.5 Å². The van der Waals surface area contributed by atoms with E-state index in [0.29, 0.717) is 5.75 Å². The van der Waals surface area contributed by atoms with Crippen LogP contribution >= 0.6 is 11.3 Å². The molecule has 0 fully saturated rings. The largest absolute Gasteiger partial charge is 0.507 e. The number of phenols is 1. The molecule has 0 aliphatic rings. The molecule has 0 saturated carbocycles. The van der Waals surface area contributed by atoms with E-state index in [9.17, 15) is 5.11 Å². The number of aromatic hydroxyl groups is 1. The molecule has 0 aliphatic carbocycles. The van der Waals surface area contributed by atoms with E-state index in [1.54, 1.807) is 17.4 Å². The highest BCUT2D eigenvalue weighted by Gasteiger charge is 2.07. The number of hydrogen-bond acceptors (Lipinski definition) is 2. The Morgan fingerprint density at radius 1 is 1.21 bits per heavy atom. The van der Waals surface area contributed by atoms with Gasteiger partial charge in [-0.1, -0.05) is 19.9 Å². The molecule has 1 heterocycles.